The van der Waals surface area contributed by atoms with Crippen LogP contribution in [0.4, 0.5) is 5.69 Å². The maximum atomic E-state index is 12.0. The molecule has 1 aliphatic heterocycles. The van der Waals surface area contributed by atoms with Gasteiger partial charge >= 0.3 is 0 Å². The molecule has 0 spiro atoms. The summed E-state index contributed by atoms with van der Waals surface area (Å²) in [5, 5.41) is 2.90. The summed E-state index contributed by atoms with van der Waals surface area (Å²) < 4.78 is 6.41. The Balaban J connectivity index is 1.67. The molecule has 0 saturated heterocycles. The van der Waals surface area contributed by atoms with Gasteiger partial charge in [0.1, 0.15) is 5.75 Å². The second kappa shape index (κ2) is 5.67. The van der Waals surface area contributed by atoms with Gasteiger partial charge in [-0.15, -0.1) is 0 Å². The summed E-state index contributed by atoms with van der Waals surface area (Å²) in [6, 6.07) is 13.5. The van der Waals surface area contributed by atoms with Crippen LogP contribution in [0.5, 0.6) is 5.75 Å². The van der Waals surface area contributed by atoms with Gasteiger partial charge in [0, 0.05) is 16.6 Å². The number of rotatable bonds is 3. The molecule has 1 aliphatic rings. The molecule has 3 nitrogen and oxygen atoms in total. The van der Waals surface area contributed by atoms with Gasteiger partial charge in [-0.25, -0.2) is 0 Å². The van der Waals surface area contributed by atoms with Gasteiger partial charge in [-0.3, -0.25) is 4.79 Å². The van der Waals surface area contributed by atoms with Gasteiger partial charge in [-0.2, -0.15) is 0 Å². The third-order valence-corrected chi connectivity index (χ3v) is 3.72. The van der Waals surface area contributed by atoms with E-state index >= 15 is 0 Å². The second-order valence-corrected chi connectivity index (χ2v) is 5.69. The van der Waals surface area contributed by atoms with E-state index in [1.165, 1.54) is 5.56 Å². The van der Waals surface area contributed by atoms with E-state index < -0.39 is 0 Å². The molecule has 1 N–H and O–H groups in total. The van der Waals surface area contributed by atoms with Crippen LogP contribution in [0.3, 0.4) is 0 Å². The quantitative estimate of drug-likeness (QED) is 0.933. The first-order valence-corrected chi connectivity index (χ1v) is 7.30. The molecule has 0 bridgehead atoms. The molecule has 20 heavy (non-hydrogen) atoms. The Morgan fingerprint density at radius 1 is 1.25 bits per heavy atom. The number of amides is 1. The molecular formula is C16H14BrNO2. The van der Waals surface area contributed by atoms with Gasteiger partial charge in [0.25, 0.3) is 0 Å². The molecule has 0 radical (unpaired) electrons. The van der Waals surface area contributed by atoms with Crippen LogP contribution in [0.15, 0.2) is 46.9 Å². The highest BCUT2D eigenvalue weighted by atomic mass is 79.9. The van der Waals surface area contributed by atoms with Crippen molar-refractivity contribution in [3.63, 3.8) is 0 Å². The van der Waals surface area contributed by atoms with Gasteiger partial charge < -0.3 is 10.1 Å². The average molecular weight is 332 g/mol. The topological polar surface area (TPSA) is 38.3 Å². The number of carbonyl (C=O) groups excluding carboxylic acids is 1. The van der Waals surface area contributed by atoms with Crippen molar-refractivity contribution < 1.29 is 9.53 Å². The molecule has 1 heterocycles. The van der Waals surface area contributed by atoms with E-state index in [0.29, 0.717) is 6.42 Å². The van der Waals surface area contributed by atoms with Crippen molar-refractivity contribution in [2.24, 2.45) is 0 Å². The van der Waals surface area contributed by atoms with E-state index in [9.17, 15) is 4.79 Å². The molecule has 0 fully saturated rings. The van der Waals surface area contributed by atoms with Gasteiger partial charge in [-0.1, -0.05) is 34.1 Å². The Hall–Kier alpha value is -1.81. The highest BCUT2D eigenvalue weighted by molar-refractivity contribution is 9.10. The van der Waals surface area contributed by atoms with E-state index in [0.717, 1.165) is 34.5 Å². The summed E-state index contributed by atoms with van der Waals surface area (Å²) in [6.07, 6.45) is 1.30. The number of halogens is 1. The van der Waals surface area contributed by atoms with Crippen LogP contribution in [-0.2, 0) is 17.6 Å². The zero-order valence-electron chi connectivity index (χ0n) is 10.9. The number of fused-ring (bicyclic) bond motifs is 1. The smallest absolute Gasteiger partial charge is 0.228 e. The number of ether oxygens (including phenoxy) is 1. The number of hydrogen-bond acceptors (Lipinski definition) is 2. The first kappa shape index (κ1) is 13.2. The van der Waals surface area contributed by atoms with E-state index in [-0.39, 0.29) is 5.91 Å². The molecule has 0 saturated carbocycles. The minimum Gasteiger partial charge on any atom is -0.493 e. The normalized spacial score (nSPS) is 12.7. The van der Waals surface area contributed by atoms with Crippen LogP contribution in [0, 0.1) is 0 Å². The first-order chi connectivity index (χ1) is 9.70. The van der Waals surface area contributed by atoms with Crippen LogP contribution in [0.1, 0.15) is 11.1 Å². The van der Waals surface area contributed by atoms with Crippen LogP contribution in [-0.4, -0.2) is 12.5 Å². The first-order valence-electron chi connectivity index (χ1n) is 6.51. The number of nitrogens with one attached hydrogen (secondary N) is 1. The lowest BCUT2D eigenvalue weighted by atomic mass is 10.1. The number of hydrogen-bond donors (Lipinski definition) is 1. The number of carbonyl (C=O) groups is 1. The molecule has 2 aromatic rings. The summed E-state index contributed by atoms with van der Waals surface area (Å²) in [5.74, 6) is 0.933. The molecule has 0 unspecified atom stereocenters. The third kappa shape index (κ3) is 3.02. The number of anilines is 1. The van der Waals surface area contributed by atoms with Crippen LogP contribution < -0.4 is 10.1 Å². The molecule has 4 heteroatoms. The Bertz CT molecular complexity index is 655. The molecule has 0 atom stereocenters. The van der Waals surface area contributed by atoms with Crippen molar-refractivity contribution in [3.05, 3.63) is 58.1 Å². The van der Waals surface area contributed by atoms with Crippen molar-refractivity contribution in [3.8, 4) is 5.75 Å². The van der Waals surface area contributed by atoms with Crippen molar-refractivity contribution in [2.75, 3.05) is 11.9 Å². The molecule has 2 aromatic carbocycles. The second-order valence-electron chi connectivity index (χ2n) is 4.78. The third-order valence-electron chi connectivity index (χ3n) is 3.23. The highest BCUT2D eigenvalue weighted by Crippen LogP contribution is 2.26. The van der Waals surface area contributed by atoms with E-state index in [1.54, 1.807) is 0 Å². The molecule has 0 aromatic heterocycles. The fraction of sp³-hybridized carbons (Fsp3) is 0.188. The largest absolute Gasteiger partial charge is 0.493 e. The summed E-state index contributed by atoms with van der Waals surface area (Å²) >= 11 is 3.39. The lowest BCUT2D eigenvalue weighted by Gasteiger charge is -2.07. The minimum absolute atomic E-state index is 0.0121. The van der Waals surface area contributed by atoms with Crippen molar-refractivity contribution in [1.29, 1.82) is 0 Å². The van der Waals surface area contributed by atoms with Gasteiger partial charge in [0.05, 0.1) is 13.0 Å². The van der Waals surface area contributed by atoms with Gasteiger partial charge in [-0.05, 0) is 35.4 Å². The molecular weight excluding hydrogens is 318 g/mol. The van der Waals surface area contributed by atoms with E-state index in [4.69, 9.17) is 4.74 Å². The van der Waals surface area contributed by atoms with Crippen LogP contribution in [0.25, 0.3) is 0 Å². The lowest BCUT2D eigenvalue weighted by molar-refractivity contribution is -0.115. The predicted octanol–water partition coefficient (Wildman–Crippen LogP) is 3.57. The van der Waals surface area contributed by atoms with E-state index in [2.05, 4.69) is 27.3 Å². The Labute approximate surface area is 126 Å². The molecule has 3 rings (SSSR count). The molecule has 102 valence electrons. The maximum absolute atomic E-state index is 12.0. The highest BCUT2D eigenvalue weighted by Gasteiger charge is 2.13. The maximum Gasteiger partial charge on any atom is 0.228 e. The Morgan fingerprint density at radius 2 is 2.15 bits per heavy atom. The predicted molar refractivity (Wildman–Crippen MR) is 82.1 cm³/mol. The van der Waals surface area contributed by atoms with Gasteiger partial charge in [0.15, 0.2) is 0 Å². The summed E-state index contributed by atoms with van der Waals surface area (Å²) in [6.45, 7) is 0.739. The lowest BCUT2D eigenvalue weighted by Crippen LogP contribution is -2.14. The van der Waals surface area contributed by atoms with Crippen LogP contribution >= 0.6 is 15.9 Å². The molecule has 1 amide bonds. The standard InChI is InChI=1S/C16H14BrNO2/c17-13-2-1-3-14(10-13)18-16(19)9-11-4-5-15-12(8-11)6-7-20-15/h1-5,8,10H,6-7,9H2,(H,18,19). The summed E-state index contributed by atoms with van der Waals surface area (Å²) in [7, 11) is 0. The summed E-state index contributed by atoms with van der Waals surface area (Å²) in [5.41, 5.74) is 3.01. The van der Waals surface area contributed by atoms with Gasteiger partial charge in [0.2, 0.25) is 5.91 Å². The van der Waals surface area contributed by atoms with Crippen molar-refractivity contribution in [1.82, 2.24) is 0 Å². The summed E-state index contributed by atoms with van der Waals surface area (Å²) in [4.78, 5) is 12.0. The van der Waals surface area contributed by atoms with E-state index in [1.807, 2.05) is 36.4 Å². The zero-order chi connectivity index (χ0) is 13.9. The fourth-order valence-electron chi connectivity index (χ4n) is 2.31. The fourth-order valence-corrected chi connectivity index (χ4v) is 2.71. The zero-order valence-corrected chi connectivity index (χ0v) is 12.4. The monoisotopic (exact) mass is 331 g/mol. The molecule has 0 aliphatic carbocycles. The SMILES string of the molecule is O=C(Cc1ccc2c(c1)CCO2)Nc1cccc(Br)c1. The minimum atomic E-state index is -0.0121. The van der Waals surface area contributed by atoms with Crippen molar-refractivity contribution in [2.45, 2.75) is 12.8 Å². The van der Waals surface area contributed by atoms with Crippen molar-refractivity contribution >= 4 is 27.5 Å². The Kier molecular flexibility index (Phi) is 3.74. The van der Waals surface area contributed by atoms with Crippen LogP contribution in [0.2, 0.25) is 0 Å². The number of benzene rings is 2. The Morgan fingerprint density at radius 3 is 3.00 bits per heavy atom. The average Bonchev–Trinajstić information content (AvgIpc) is 2.86.